The average molecular weight is 325 g/mol. The van der Waals surface area contributed by atoms with Gasteiger partial charge in [0.15, 0.2) is 0 Å². The van der Waals surface area contributed by atoms with Crippen molar-refractivity contribution in [2.24, 2.45) is 10.9 Å². The molecule has 1 aliphatic heterocycles. The van der Waals surface area contributed by atoms with E-state index in [0.717, 1.165) is 23.6 Å². The number of phenols is 2. The Balaban J connectivity index is 1.92. The molecule has 0 bridgehead atoms. The van der Waals surface area contributed by atoms with E-state index in [2.05, 4.69) is 23.6 Å². The maximum Gasteiger partial charge on any atom is 0.117 e. The second-order valence-corrected chi connectivity index (χ2v) is 6.46. The van der Waals surface area contributed by atoms with Crippen LogP contribution < -0.4 is 9.80 Å². The van der Waals surface area contributed by atoms with Crippen LogP contribution in [0.3, 0.4) is 0 Å². The fourth-order valence-electron chi connectivity index (χ4n) is 2.83. The van der Waals surface area contributed by atoms with Gasteiger partial charge < -0.3 is 20.0 Å². The molecule has 0 unspecified atom stereocenters. The van der Waals surface area contributed by atoms with Crippen LogP contribution in [0.15, 0.2) is 53.5 Å². The van der Waals surface area contributed by atoms with E-state index in [0.29, 0.717) is 19.3 Å². The summed E-state index contributed by atoms with van der Waals surface area (Å²) in [6, 6.07) is 14.4. The lowest BCUT2D eigenvalue weighted by Crippen LogP contribution is -2.47. The molecule has 5 nitrogen and oxygen atoms in total. The predicted octanol–water partition coefficient (Wildman–Crippen LogP) is 3.78. The van der Waals surface area contributed by atoms with E-state index in [1.165, 1.54) is 0 Å². The quantitative estimate of drug-likeness (QED) is 0.898. The zero-order valence-corrected chi connectivity index (χ0v) is 14.1. The van der Waals surface area contributed by atoms with E-state index >= 15 is 0 Å². The van der Waals surface area contributed by atoms with Crippen LogP contribution in [0.25, 0.3) is 0 Å². The van der Waals surface area contributed by atoms with Gasteiger partial charge in [0.25, 0.3) is 0 Å². The number of nitrogens with zero attached hydrogens (tertiary/aromatic N) is 3. The molecule has 0 atom stereocenters. The Morgan fingerprint density at radius 3 is 2.25 bits per heavy atom. The lowest BCUT2D eigenvalue weighted by Gasteiger charge is -2.38. The van der Waals surface area contributed by atoms with E-state index in [4.69, 9.17) is 4.99 Å². The third kappa shape index (κ3) is 3.62. The van der Waals surface area contributed by atoms with E-state index in [-0.39, 0.29) is 11.5 Å². The minimum absolute atomic E-state index is 0.242. The van der Waals surface area contributed by atoms with Gasteiger partial charge in [0.05, 0.1) is 6.67 Å². The minimum atomic E-state index is 0.242. The lowest BCUT2D eigenvalue weighted by molar-refractivity contribution is 0.475. The van der Waals surface area contributed by atoms with Crippen molar-refractivity contribution in [3.63, 3.8) is 0 Å². The van der Waals surface area contributed by atoms with Gasteiger partial charge in [-0.05, 0) is 30.2 Å². The zero-order chi connectivity index (χ0) is 17.1. The van der Waals surface area contributed by atoms with Gasteiger partial charge in [-0.25, -0.2) is 0 Å². The van der Waals surface area contributed by atoms with Crippen LogP contribution in [0.1, 0.15) is 20.3 Å². The van der Waals surface area contributed by atoms with Crippen LogP contribution in [-0.4, -0.2) is 29.4 Å². The molecule has 0 saturated heterocycles. The van der Waals surface area contributed by atoms with Gasteiger partial charge in [-0.1, -0.05) is 26.0 Å². The predicted molar refractivity (Wildman–Crippen MR) is 97.8 cm³/mol. The summed E-state index contributed by atoms with van der Waals surface area (Å²) in [5.74, 6) is 2.00. The molecule has 0 saturated carbocycles. The summed E-state index contributed by atoms with van der Waals surface area (Å²) < 4.78 is 0. The molecule has 126 valence electrons. The molecule has 24 heavy (non-hydrogen) atoms. The Kier molecular flexibility index (Phi) is 4.60. The van der Waals surface area contributed by atoms with Crippen LogP contribution >= 0.6 is 0 Å². The third-order valence-electron chi connectivity index (χ3n) is 3.97. The van der Waals surface area contributed by atoms with Crippen LogP contribution in [0.4, 0.5) is 11.4 Å². The second kappa shape index (κ2) is 6.83. The molecule has 0 spiro atoms. The number of anilines is 2. The van der Waals surface area contributed by atoms with Crippen LogP contribution in [-0.2, 0) is 0 Å². The number of aliphatic imine (C=N–C) groups is 1. The standard InChI is InChI=1S/C19H23N3O2/c1-14(2)9-19-20-12-21(15-5-3-7-17(23)10-15)13-22(19)16-6-4-8-18(24)11-16/h3-8,10-11,14,23-24H,9,12-13H2,1-2H3. The molecule has 0 fully saturated rings. The van der Waals surface area contributed by atoms with Gasteiger partial charge in [0.1, 0.15) is 24.0 Å². The summed E-state index contributed by atoms with van der Waals surface area (Å²) in [5, 5.41) is 19.5. The number of amidine groups is 1. The van der Waals surface area contributed by atoms with Crippen molar-refractivity contribution >= 4 is 17.2 Å². The number of benzene rings is 2. The normalized spacial score (nSPS) is 14.9. The summed E-state index contributed by atoms with van der Waals surface area (Å²) in [4.78, 5) is 8.96. The van der Waals surface area contributed by atoms with E-state index in [1.807, 2.05) is 24.3 Å². The van der Waals surface area contributed by atoms with Gasteiger partial charge in [0.2, 0.25) is 0 Å². The highest BCUT2D eigenvalue weighted by atomic mass is 16.3. The molecule has 5 heteroatoms. The molecule has 2 aromatic carbocycles. The average Bonchev–Trinajstić information content (AvgIpc) is 2.54. The second-order valence-electron chi connectivity index (χ2n) is 6.46. The van der Waals surface area contributed by atoms with Gasteiger partial charge in [0, 0.05) is 29.9 Å². The summed E-state index contributed by atoms with van der Waals surface area (Å²) in [5.41, 5.74) is 1.84. The summed E-state index contributed by atoms with van der Waals surface area (Å²) >= 11 is 0. The molecule has 2 aromatic rings. The van der Waals surface area contributed by atoms with Crippen molar-refractivity contribution in [2.75, 3.05) is 23.1 Å². The summed E-state index contributed by atoms with van der Waals surface area (Å²) in [7, 11) is 0. The first kappa shape index (κ1) is 16.2. The van der Waals surface area contributed by atoms with Crippen molar-refractivity contribution in [3.8, 4) is 11.5 Å². The third-order valence-corrected chi connectivity index (χ3v) is 3.97. The SMILES string of the molecule is CC(C)CC1=NCN(c2cccc(O)c2)CN1c1cccc(O)c1. The maximum atomic E-state index is 9.82. The zero-order valence-electron chi connectivity index (χ0n) is 14.1. The number of rotatable bonds is 4. The van der Waals surface area contributed by atoms with Crippen molar-refractivity contribution in [1.82, 2.24) is 0 Å². The van der Waals surface area contributed by atoms with Crippen molar-refractivity contribution < 1.29 is 10.2 Å². The maximum absolute atomic E-state index is 9.82. The van der Waals surface area contributed by atoms with Crippen LogP contribution in [0, 0.1) is 5.92 Å². The Bertz CT molecular complexity index is 743. The summed E-state index contributed by atoms with van der Waals surface area (Å²) in [6.07, 6.45) is 0.879. The highest BCUT2D eigenvalue weighted by molar-refractivity contribution is 5.99. The molecule has 2 N–H and O–H groups in total. The van der Waals surface area contributed by atoms with E-state index in [9.17, 15) is 10.2 Å². The molecule has 0 aromatic heterocycles. The number of aromatic hydroxyl groups is 2. The largest absolute Gasteiger partial charge is 0.508 e. The minimum Gasteiger partial charge on any atom is -0.508 e. The number of hydrogen-bond acceptors (Lipinski definition) is 5. The summed E-state index contributed by atoms with van der Waals surface area (Å²) in [6.45, 7) is 5.52. The first-order valence-electron chi connectivity index (χ1n) is 8.17. The van der Waals surface area contributed by atoms with Crippen molar-refractivity contribution in [3.05, 3.63) is 48.5 Å². The van der Waals surface area contributed by atoms with Gasteiger partial charge in [-0.2, -0.15) is 0 Å². The fraction of sp³-hybridized carbons (Fsp3) is 0.316. The Hall–Kier alpha value is -2.69. The van der Waals surface area contributed by atoms with Gasteiger partial charge in [-0.15, -0.1) is 0 Å². The lowest BCUT2D eigenvalue weighted by atomic mass is 10.1. The first-order chi connectivity index (χ1) is 11.5. The molecule has 3 rings (SSSR count). The van der Waals surface area contributed by atoms with E-state index in [1.54, 1.807) is 24.3 Å². The first-order valence-corrected chi connectivity index (χ1v) is 8.17. The van der Waals surface area contributed by atoms with E-state index < -0.39 is 0 Å². The molecule has 1 heterocycles. The highest BCUT2D eigenvalue weighted by Gasteiger charge is 2.23. The molecule has 0 radical (unpaired) electrons. The Morgan fingerprint density at radius 2 is 1.62 bits per heavy atom. The molecule has 0 amide bonds. The van der Waals surface area contributed by atoms with Crippen LogP contribution in [0.5, 0.6) is 11.5 Å². The van der Waals surface area contributed by atoms with Gasteiger partial charge >= 0.3 is 0 Å². The molecular formula is C19H23N3O2. The Morgan fingerprint density at radius 1 is 1.00 bits per heavy atom. The monoisotopic (exact) mass is 325 g/mol. The van der Waals surface area contributed by atoms with Crippen molar-refractivity contribution in [1.29, 1.82) is 0 Å². The number of hydrogen-bond donors (Lipinski definition) is 2. The van der Waals surface area contributed by atoms with Crippen LogP contribution in [0.2, 0.25) is 0 Å². The highest BCUT2D eigenvalue weighted by Crippen LogP contribution is 2.28. The number of phenolic OH excluding ortho intramolecular Hbond substituents is 2. The topological polar surface area (TPSA) is 59.3 Å². The smallest absolute Gasteiger partial charge is 0.117 e. The molecule has 1 aliphatic rings. The van der Waals surface area contributed by atoms with Crippen molar-refractivity contribution in [2.45, 2.75) is 20.3 Å². The fourth-order valence-corrected chi connectivity index (χ4v) is 2.83. The Labute approximate surface area is 142 Å². The van der Waals surface area contributed by atoms with Gasteiger partial charge in [-0.3, -0.25) is 4.99 Å². The molecular weight excluding hydrogens is 302 g/mol. The molecule has 0 aliphatic carbocycles.